The van der Waals surface area contributed by atoms with Crippen molar-refractivity contribution < 1.29 is 24.2 Å². The molecule has 4 aromatic carbocycles. The van der Waals surface area contributed by atoms with Gasteiger partial charge in [-0.05, 0) is 66.3 Å². The Balaban J connectivity index is 1.10. The molecule has 8 rings (SSSR count). The quantitative estimate of drug-likeness (QED) is 0.130. The molecule has 2 amide bonds. The third-order valence-corrected chi connectivity index (χ3v) is 17.5. The largest absolute Gasteiger partial charge is 0.497 e. The number of carbonyl (C=O) groups is 2. The van der Waals surface area contributed by atoms with Crippen LogP contribution in [0.5, 0.6) is 5.75 Å². The van der Waals surface area contributed by atoms with E-state index in [1.807, 2.05) is 93.5 Å². The van der Waals surface area contributed by atoms with Crippen LogP contribution < -0.4 is 19.7 Å². The van der Waals surface area contributed by atoms with Gasteiger partial charge in [-0.15, -0.1) is 5.10 Å². The summed E-state index contributed by atoms with van der Waals surface area (Å²) >= 11 is 0. The Morgan fingerprint density at radius 3 is 2.38 bits per heavy atom. The molecular weight excluding hydrogens is 743 g/mol. The van der Waals surface area contributed by atoms with Crippen LogP contribution in [-0.2, 0) is 33.0 Å². The van der Waals surface area contributed by atoms with Crippen molar-refractivity contribution in [3.05, 3.63) is 132 Å². The molecule has 2 saturated heterocycles. The maximum Gasteiger partial charge on any atom is 0.264 e. The van der Waals surface area contributed by atoms with Crippen LogP contribution >= 0.6 is 0 Å². The van der Waals surface area contributed by atoms with Gasteiger partial charge < -0.3 is 24.4 Å². The van der Waals surface area contributed by atoms with Crippen LogP contribution in [0.25, 0.3) is 0 Å². The van der Waals surface area contributed by atoms with E-state index < -0.39 is 13.7 Å². The van der Waals surface area contributed by atoms with Crippen molar-refractivity contribution in [1.82, 2.24) is 15.0 Å². The normalized spacial score (nSPS) is 22.9. The molecule has 2 fully saturated rings. The summed E-state index contributed by atoms with van der Waals surface area (Å²) < 4.78 is 14.7. The van der Waals surface area contributed by atoms with Crippen molar-refractivity contribution in [2.45, 2.75) is 94.8 Å². The first kappa shape index (κ1) is 39.7. The molecule has 5 aromatic rings. The average Bonchev–Trinajstić information content (AvgIpc) is 3.90. The third kappa shape index (κ3) is 7.28. The fourth-order valence-corrected chi connectivity index (χ4v) is 14.0. The van der Waals surface area contributed by atoms with Gasteiger partial charge in [0.2, 0.25) is 5.91 Å². The summed E-state index contributed by atoms with van der Waals surface area (Å²) in [5, 5.41) is 20.6. The summed E-state index contributed by atoms with van der Waals surface area (Å²) in [7, 11) is -0.663. The summed E-state index contributed by atoms with van der Waals surface area (Å²) in [5.41, 5.74) is 4.31. The molecule has 1 aromatic heterocycles. The molecule has 1 N–H and O–H groups in total. The molecule has 11 heteroatoms. The maximum atomic E-state index is 15.3. The first-order valence-electron chi connectivity index (χ1n) is 20.8. The van der Waals surface area contributed by atoms with Crippen molar-refractivity contribution >= 4 is 36.4 Å². The van der Waals surface area contributed by atoms with Crippen molar-refractivity contribution in [3.8, 4) is 5.75 Å². The number of benzene rings is 4. The Morgan fingerprint density at radius 2 is 1.64 bits per heavy atom. The molecule has 3 aliphatic rings. The van der Waals surface area contributed by atoms with E-state index in [1.165, 1.54) is 5.19 Å². The third-order valence-electron chi connectivity index (χ3n) is 13.1. The van der Waals surface area contributed by atoms with Crippen LogP contribution in [-0.4, -0.2) is 66.4 Å². The number of carbonyl (C=O) groups excluding carboxylic acids is 2. The minimum absolute atomic E-state index is 0.0343. The summed E-state index contributed by atoms with van der Waals surface area (Å²) in [6.45, 7) is 8.61. The van der Waals surface area contributed by atoms with Crippen molar-refractivity contribution in [3.63, 3.8) is 0 Å². The average molecular weight is 798 g/mol. The number of anilines is 2. The topological polar surface area (TPSA) is 110 Å². The van der Waals surface area contributed by atoms with E-state index in [9.17, 15) is 9.90 Å². The molecular formula is C47H55N5O5Si. The zero-order chi connectivity index (χ0) is 40.4. The minimum atomic E-state index is -2.35. The molecule has 10 nitrogen and oxygen atoms in total. The van der Waals surface area contributed by atoms with Crippen LogP contribution in [0.2, 0.25) is 18.6 Å². The highest BCUT2D eigenvalue weighted by Gasteiger charge is 2.66. The zero-order valence-electron chi connectivity index (χ0n) is 34.1. The number of aryl methyl sites for hydroxylation is 1. The summed E-state index contributed by atoms with van der Waals surface area (Å²) in [4.78, 5) is 32.1. The number of nitrogens with zero attached hydrogens (tertiary/aromatic N) is 5. The smallest absolute Gasteiger partial charge is 0.264 e. The molecule has 4 heterocycles. The second-order valence-electron chi connectivity index (χ2n) is 16.8. The highest BCUT2D eigenvalue weighted by molar-refractivity contribution is 6.91. The zero-order valence-corrected chi connectivity index (χ0v) is 35.1. The van der Waals surface area contributed by atoms with Gasteiger partial charge in [-0.1, -0.05) is 116 Å². The Morgan fingerprint density at radius 1 is 0.914 bits per heavy atom. The van der Waals surface area contributed by atoms with Gasteiger partial charge in [0.05, 0.1) is 51.7 Å². The van der Waals surface area contributed by atoms with E-state index in [0.717, 1.165) is 66.0 Å². The second kappa shape index (κ2) is 16.6. The van der Waals surface area contributed by atoms with Crippen LogP contribution in [0, 0.1) is 5.92 Å². The number of fused-ring (bicyclic) bond motifs is 2. The molecule has 1 unspecified atom stereocenters. The number of aromatic nitrogens is 3. The fourth-order valence-electron chi connectivity index (χ4n) is 9.99. The fraction of sp³-hybridized carbons (Fsp3) is 0.404. The Kier molecular flexibility index (Phi) is 11.4. The van der Waals surface area contributed by atoms with Gasteiger partial charge in [0.1, 0.15) is 5.75 Å². The monoisotopic (exact) mass is 797 g/mol. The van der Waals surface area contributed by atoms with Crippen LogP contribution in [0.4, 0.5) is 11.4 Å². The Bertz CT molecular complexity index is 2210. The van der Waals surface area contributed by atoms with Gasteiger partial charge in [-0.3, -0.25) is 14.3 Å². The number of aliphatic hydroxyl groups excluding tert-OH is 1. The molecule has 1 spiro atoms. The van der Waals surface area contributed by atoms with Gasteiger partial charge in [0, 0.05) is 42.9 Å². The summed E-state index contributed by atoms with van der Waals surface area (Å²) in [6, 6.07) is 34.6. The lowest BCUT2D eigenvalue weighted by Crippen LogP contribution is -2.51. The lowest BCUT2D eigenvalue weighted by atomic mass is 9.82. The Labute approximate surface area is 342 Å². The number of methoxy groups -OCH3 is 1. The number of rotatable bonds is 12. The summed E-state index contributed by atoms with van der Waals surface area (Å²) in [5.74, 6) is 0.553. The standard InChI is InChI=1S/C47H55N5O5Si/c1-33-45(58(3,4)38-25-23-37(56-2)24-26-38)43(27-29-50-31-41(48-49-50)39(32-53)35-14-8-7-9-15-35)57-47(33)40-16-11-12-17-42(40)52(46(47)55)30-34-19-21-36(22-20-34)51-28-13-6-5-10-18-44(51)54/h7-9,11-12,14-17,19-26,31,33,39,43,45,53H,5-6,10,13,18,27-30,32H2,1-4H3/t33-,39?,43+,45-,47+/m0/s1. The molecule has 302 valence electrons. The lowest BCUT2D eigenvalue weighted by molar-refractivity contribution is -0.146. The van der Waals surface area contributed by atoms with Gasteiger partial charge in [-0.25, -0.2) is 0 Å². The highest BCUT2D eigenvalue weighted by Crippen LogP contribution is 2.60. The van der Waals surface area contributed by atoms with Gasteiger partial charge >= 0.3 is 0 Å². The van der Waals surface area contributed by atoms with E-state index in [2.05, 4.69) is 60.7 Å². The van der Waals surface area contributed by atoms with E-state index >= 15 is 4.79 Å². The van der Waals surface area contributed by atoms with E-state index in [4.69, 9.17) is 9.47 Å². The first-order valence-corrected chi connectivity index (χ1v) is 23.9. The van der Waals surface area contributed by atoms with E-state index in [-0.39, 0.29) is 41.9 Å². The highest BCUT2D eigenvalue weighted by atomic mass is 28.3. The van der Waals surface area contributed by atoms with E-state index in [0.29, 0.717) is 31.6 Å². The predicted octanol–water partition coefficient (Wildman–Crippen LogP) is 7.56. The second-order valence-corrected chi connectivity index (χ2v) is 21.5. The molecule has 0 saturated carbocycles. The molecule has 0 radical (unpaired) electrons. The van der Waals surface area contributed by atoms with Crippen LogP contribution in [0.3, 0.4) is 0 Å². The van der Waals surface area contributed by atoms with Gasteiger partial charge in [0.15, 0.2) is 5.60 Å². The van der Waals surface area contributed by atoms with Crippen molar-refractivity contribution in [2.75, 3.05) is 30.1 Å². The maximum absolute atomic E-state index is 15.3. The SMILES string of the molecule is COc1ccc([Si](C)(C)[C@@H]2[C@@H](CCn3cc(C(CO)c4ccccc4)nn3)O[C@]3(C(=O)N(Cc4ccc(N5CCCCCCC5=O)cc4)c4ccccc43)[C@H]2C)cc1. The summed E-state index contributed by atoms with van der Waals surface area (Å²) in [6.07, 6.45) is 7.09. The number of para-hydroxylation sites is 1. The minimum Gasteiger partial charge on any atom is -0.497 e. The number of ether oxygens (including phenoxy) is 2. The van der Waals surface area contributed by atoms with Crippen molar-refractivity contribution in [2.24, 2.45) is 5.92 Å². The number of amides is 2. The van der Waals surface area contributed by atoms with Gasteiger partial charge in [-0.2, -0.15) is 0 Å². The van der Waals surface area contributed by atoms with Crippen LogP contribution in [0.15, 0.2) is 109 Å². The molecule has 0 aliphatic carbocycles. The number of hydrogen-bond acceptors (Lipinski definition) is 7. The molecule has 0 bridgehead atoms. The van der Waals surface area contributed by atoms with E-state index in [1.54, 1.807) is 7.11 Å². The van der Waals surface area contributed by atoms with Crippen LogP contribution in [0.1, 0.15) is 73.8 Å². The first-order chi connectivity index (χ1) is 28.1. The van der Waals surface area contributed by atoms with Crippen molar-refractivity contribution in [1.29, 1.82) is 0 Å². The number of hydrogen-bond donors (Lipinski definition) is 1. The van der Waals surface area contributed by atoms with Gasteiger partial charge in [0.25, 0.3) is 5.91 Å². The lowest BCUT2D eigenvalue weighted by Gasteiger charge is -2.37. The molecule has 5 atom stereocenters. The molecule has 58 heavy (non-hydrogen) atoms. The number of aliphatic hydroxyl groups is 1. The Hall–Kier alpha value is -5.10. The molecule has 3 aliphatic heterocycles. The predicted molar refractivity (Wildman–Crippen MR) is 229 cm³/mol.